The van der Waals surface area contributed by atoms with Gasteiger partial charge in [0.1, 0.15) is 30.5 Å². The van der Waals surface area contributed by atoms with Crippen molar-refractivity contribution in [2.45, 2.75) is 197 Å². The Labute approximate surface area is 308 Å². The zero-order valence-corrected chi connectivity index (χ0v) is 31.7. The molecular formula is C39H75NO11. The summed E-state index contributed by atoms with van der Waals surface area (Å²) in [6.45, 7) is 4.58. The monoisotopic (exact) mass is 734 g/mol. The molecule has 12 heteroatoms. The van der Waals surface area contributed by atoms with Crippen LogP contribution in [0, 0.1) is 5.92 Å². The van der Waals surface area contributed by atoms with E-state index in [0.717, 1.165) is 97.1 Å². The van der Waals surface area contributed by atoms with Crippen molar-refractivity contribution in [3.63, 3.8) is 0 Å². The summed E-state index contributed by atoms with van der Waals surface area (Å²) in [7, 11) is 0. The average Bonchev–Trinajstić information content (AvgIpc) is 3.14. The molecule has 0 aromatic heterocycles. The Morgan fingerprint density at radius 1 is 0.765 bits per heavy atom. The molecule has 1 amide bonds. The summed E-state index contributed by atoms with van der Waals surface area (Å²) < 4.78 is 22.3. The number of hydrogen-bond acceptors (Lipinski definition) is 11. The van der Waals surface area contributed by atoms with Crippen LogP contribution in [0.25, 0.3) is 0 Å². The molecule has 0 unspecified atom stereocenters. The number of unbranched alkanes of at least 4 members (excludes halogenated alkanes) is 15. The molecule has 0 saturated carbocycles. The van der Waals surface area contributed by atoms with Gasteiger partial charge in [0.15, 0.2) is 6.29 Å². The normalized spacial score (nSPS) is 24.7. The maximum atomic E-state index is 12.9. The topological polar surface area (TPSA) is 187 Å². The molecule has 8 atom stereocenters. The lowest BCUT2D eigenvalue weighted by Gasteiger charge is -2.40. The minimum absolute atomic E-state index is 0.250. The fraction of sp³-hybridized carbons (Fsp3) is 0.974. The summed E-state index contributed by atoms with van der Waals surface area (Å²) in [5.41, 5.74) is 0. The second-order valence-corrected chi connectivity index (χ2v) is 14.9. The van der Waals surface area contributed by atoms with Crippen LogP contribution in [-0.4, -0.2) is 125 Å². The molecule has 51 heavy (non-hydrogen) atoms. The molecule has 2 aliphatic heterocycles. The SMILES string of the molecule is CCCCCCCCCCCCCC[C@@H](O)[C@@H](O)[C@H](CO[C@H]1O[C@H](CO)[C@H](O)[C@H](O)[C@H]1O)NC(=O)CCCCCCCOCCC1CCOCC1. The third-order valence-electron chi connectivity index (χ3n) is 10.5. The third-order valence-corrected chi connectivity index (χ3v) is 10.5. The van der Waals surface area contributed by atoms with Gasteiger partial charge < -0.3 is 54.9 Å². The molecule has 7 N–H and O–H groups in total. The number of ether oxygens (including phenoxy) is 4. The molecule has 2 saturated heterocycles. The van der Waals surface area contributed by atoms with Crippen LogP contribution < -0.4 is 5.32 Å². The van der Waals surface area contributed by atoms with E-state index >= 15 is 0 Å². The van der Waals surface area contributed by atoms with Crippen LogP contribution >= 0.6 is 0 Å². The molecule has 0 spiro atoms. The highest BCUT2D eigenvalue weighted by molar-refractivity contribution is 5.76. The van der Waals surface area contributed by atoms with Crippen molar-refractivity contribution in [2.75, 3.05) is 39.6 Å². The third kappa shape index (κ3) is 20.4. The van der Waals surface area contributed by atoms with Gasteiger partial charge in [0.2, 0.25) is 5.91 Å². The summed E-state index contributed by atoms with van der Waals surface area (Å²) in [4.78, 5) is 12.9. The summed E-state index contributed by atoms with van der Waals surface area (Å²) in [5, 5.41) is 64.9. The molecule has 302 valence electrons. The van der Waals surface area contributed by atoms with E-state index in [1.165, 1.54) is 51.4 Å². The van der Waals surface area contributed by atoms with Crippen LogP contribution in [0.15, 0.2) is 0 Å². The summed E-state index contributed by atoms with van der Waals surface area (Å²) in [6, 6.07) is -1.00. The lowest BCUT2D eigenvalue weighted by atomic mass is 9.97. The van der Waals surface area contributed by atoms with Gasteiger partial charge in [-0.2, -0.15) is 0 Å². The molecular weight excluding hydrogens is 658 g/mol. The van der Waals surface area contributed by atoms with Crippen molar-refractivity contribution < 1.29 is 54.4 Å². The van der Waals surface area contributed by atoms with Gasteiger partial charge in [0, 0.05) is 32.8 Å². The van der Waals surface area contributed by atoms with Gasteiger partial charge in [-0.25, -0.2) is 0 Å². The van der Waals surface area contributed by atoms with Gasteiger partial charge >= 0.3 is 0 Å². The van der Waals surface area contributed by atoms with E-state index in [1.54, 1.807) is 0 Å². The maximum absolute atomic E-state index is 12.9. The van der Waals surface area contributed by atoms with Gasteiger partial charge in [-0.05, 0) is 44.4 Å². The maximum Gasteiger partial charge on any atom is 0.220 e. The van der Waals surface area contributed by atoms with E-state index in [1.807, 2.05) is 0 Å². The molecule has 2 rings (SSSR count). The number of nitrogens with one attached hydrogen (secondary N) is 1. The highest BCUT2D eigenvalue weighted by Crippen LogP contribution is 2.23. The Bertz CT molecular complexity index is 831. The zero-order chi connectivity index (χ0) is 37.1. The fourth-order valence-electron chi connectivity index (χ4n) is 6.95. The molecule has 2 fully saturated rings. The molecule has 0 bridgehead atoms. The molecule has 0 aliphatic carbocycles. The van der Waals surface area contributed by atoms with E-state index in [-0.39, 0.29) is 18.9 Å². The van der Waals surface area contributed by atoms with Gasteiger partial charge in [0.25, 0.3) is 0 Å². The lowest BCUT2D eigenvalue weighted by molar-refractivity contribution is -0.303. The van der Waals surface area contributed by atoms with Crippen molar-refractivity contribution in [3.8, 4) is 0 Å². The van der Waals surface area contributed by atoms with Gasteiger partial charge in [-0.15, -0.1) is 0 Å². The largest absolute Gasteiger partial charge is 0.394 e. The number of aliphatic hydroxyl groups is 6. The quantitative estimate of drug-likeness (QED) is 0.0505. The smallest absolute Gasteiger partial charge is 0.220 e. The van der Waals surface area contributed by atoms with Crippen LogP contribution in [0.1, 0.15) is 148 Å². The van der Waals surface area contributed by atoms with Crippen molar-refractivity contribution in [3.05, 3.63) is 0 Å². The Balaban J connectivity index is 1.70. The summed E-state index contributed by atoms with van der Waals surface area (Å²) in [5.74, 6) is 0.429. The Kier molecular flexibility index (Phi) is 26.7. The van der Waals surface area contributed by atoms with Gasteiger partial charge in [0.05, 0.1) is 25.4 Å². The summed E-state index contributed by atoms with van der Waals surface area (Å²) >= 11 is 0. The predicted molar refractivity (Wildman–Crippen MR) is 196 cm³/mol. The number of rotatable bonds is 31. The highest BCUT2D eigenvalue weighted by Gasteiger charge is 2.44. The average molecular weight is 734 g/mol. The number of carbonyl (C=O) groups excluding carboxylic acids is 1. The first-order chi connectivity index (χ1) is 24.8. The van der Waals surface area contributed by atoms with E-state index < -0.39 is 55.6 Å². The second-order valence-electron chi connectivity index (χ2n) is 14.9. The van der Waals surface area contributed by atoms with Crippen LogP contribution in [0.5, 0.6) is 0 Å². The van der Waals surface area contributed by atoms with E-state index in [4.69, 9.17) is 18.9 Å². The minimum Gasteiger partial charge on any atom is -0.394 e. The molecule has 2 aliphatic rings. The van der Waals surface area contributed by atoms with Crippen LogP contribution in [0.2, 0.25) is 0 Å². The first-order valence-corrected chi connectivity index (χ1v) is 20.5. The predicted octanol–water partition coefficient (Wildman–Crippen LogP) is 4.27. The second kappa shape index (κ2) is 29.4. The number of aliphatic hydroxyl groups excluding tert-OH is 6. The summed E-state index contributed by atoms with van der Waals surface area (Å²) in [6.07, 6.45) is 13.0. The Hall–Kier alpha value is -0.930. The van der Waals surface area contributed by atoms with Gasteiger partial charge in [-0.3, -0.25) is 4.79 Å². The standard InChI is InChI=1S/C39H75NO11/c1-2-3-4-5-6-7-8-9-10-11-13-16-19-32(42)35(44)31(29-50-39-38(47)37(46)36(45)33(28-41)51-39)40-34(43)20-17-14-12-15-18-24-48-25-21-30-22-26-49-27-23-30/h30-33,35-39,41-42,44-47H,2-29H2,1H3,(H,40,43)/t31-,32+,33+,35-,36-,37-,38+,39-/m0/s1. The van der Waals surface area contributed by atoms with E-state index in [9.17, 15) is 35.4 Å². The molecule has 12 nitrogen and oxygen atoms in total. The zero-order valence-electron chi connectivity index (χ0n) is 31.7. The number of carbonyl (C=O) groups is 1. The van der Waals surface area contributed by atoms with Crippen molar-refractivity contribution in [2.24, 2.45) is 5.92 Å². The molecule has 0 aromatic rings. The number of amides is 1. The number of hydrogen-bond donors (Lipinski definition) is 7. The van der Waals surface area contributed by atoms with Crippen molar-refractivity contribution >= 4 is 5.91 Å². The van der Waals surface area contributed by atoms with Crippen LogP contribution in [0.3, 0.4) is 0 Å². The molecule has 2 heterocycles. The Morgan fingerprint density at radius 2 is 1.35 bits per heavy atom. The van der Waals surface area contributed by atoms with Crippen molar-refractivity contribution in [1.29, 1.82) is 0 Å². The van der Waals surface area contributed by atoms with Crippen LogP contribution in [-0.2, 0) is 23.7 Å². The van der Waals surface area contributed by atoms with Crippen LogP contribution in [0.4, 0.5) is 0 Å². The van der Waals surface area contributed by atoms with Crippen molar-refractivity contribution in [1.82, 2.24) is 5.32 Å². The Morgan fingerprint density at radius 3 is 1.98 bits per heavy atom. The van der Waals surface area contributed by atoms with E-state index in [2.05, 4.69) is 12.2 Å². The van der Waals surface area contributed by atoms with Gasteiger partial charge in [-0.1, -0.05) is 103 Å². The van der Waals surface area contributed by atoms with E-state index in [0.29, 0.717) is 18.8 Å². The minimum atomic E-state index is -1.61. The lowest BCUT2D eigenvalue weighted by Crippen LogP contribution is -2.60. The fourth-order valence-corrected chi connectivity index (χ4v) is 6.95. The first kappa shape index (κ1) is 46.2. The highest BCUT2D eigenvalue weighted by atomic mass is 16.7. The first-order valence-electron chi connectivity index (χ1n) is 20.5. The molecule has 0 aromatic carbocycles. The molecule has 0 radical (unpaired) electrons.